The summed E-state index contributed by atoms with van der Waals surface area (Å²) in [6, 6.07) is 7.35. The van der Waals surface area contributed by atoms with Crippen LogP contribution < -0.4 is 20.1 Å². The molecule has 3 saturated carbocycles. The number of amides is 2. The molecule has 1 aliphatic heterocycles. The number of pyridine rings is 1. The molecule has 32 heavy (non-hydrogen) atoms. The van der Waals surface area contributed by atoms with Gasteiger partial charge in [-0.1, -0.05) is 11.6 Å². The van der Waals surface area contributed by atoms with Gasteiger partial charge < -0.3 is 24.8 Å². The fourth-order valence-corrected chi connectivity index (χ4v) is 4.57. The third-order valence-corrected chi connectivity index (χ3v) is 6.27. The summed E-state index contributed by atoms with van der Waals surface area (Å²) in [5.41, 5.74) is -0.170. The second kappa shape index (κ2) is 7.90. The van der Waals surface area contributed by atoms with Crippen molar-refractivity contribution in [3.63, 3.8) is 0 Å². The molecule has 4 aliphatic rings. The predicted molar refractivity (Wildman–Crippen MR) is 111 cm³/mol. The van der Waals surface area contributed by atoms with E-state index in [0.717, 1.165) is 6.07 Å². The van der Waals surface area contributed by atoms with Gasteiger partial charge >= 0.3 is 0 Å². The van der Waals surface area contributed by atoms with Gasteiger partial charge in [0.15, 0.2) is 6.61 Å². The Bertz CT molecular complexity index is 1040. The summed E-state index contributed by atoms with van der Waals surface area (Å²) in [6.07, 6.45) is 3.48. The number of nitrogens with zero attached hydrogens (tertiary/aromatic N) is 1. The minimum Gasteiger partial charge on any atom is -0.484 e. The van der Waals surface area contributed by atoms with Gasteiger partial charge in [0.1, 0.15) is 17.7 Å². The summed E-state index contributed by atoms with van der Waals surface area (Å²) in [7, 11) is 0. The average Bonchev–Trinajstić information content (AvgIpc) is 2.69. The molecule has 3 aliphatic carbocycles. The first kappa shape index (κ1) is 21.0. The van der Waals surface area contributed by atoms with E-state index in [2.05, 4.69) is 15.6 Å². The monoisotopic (exact) mass is 461 g/mol. The standard InChI is InChI=1S/C22H21ClFN3O5/c23-16-3-2-14(5-17(16)24)31-9-18(28)26-21-10-22(11-21,12-21)27-20(29)13-1-4-19(25-6-13)32-15-7-30-8-15/h1-6,15H,7-12H2,(H,26,28)(H,27,29). The van der Waals surface area contributed by atoms with Crippen LogP contribution in [0.4, 0.5) is 4.39 Å². The number of hydrogen-bond acceptors (Lipinski definition) is 6. The number of carbonyl (C=O) groups excluding carboxylic acids is 2. The SMILES string of the molecule is O=C(COc1ccc(Cl)c(F)c1)NC12CC(NC(=O)c3ccc(OC4COC4)nc3)(C1)C2. The van der Waals surface area contributed by atoms with Crippen LogP contribution in [0.3, 0.4) is 0 Å². The van der Waals surface area contributed by atoms with E-state index >= 15 is 0 Å². The molecule has 2 bridgehead atoms. The largest absolute Gasteiger partial charge is 0.484 e. The summed E-state index contributed by atoms with van der Waals surface area (Å²) < 4.78 is 29.4. The zero-order chi connectivity index (χ0) is 22.3. The molecule has 2 amide bonds. The number of rotatable bonds is 8. The van der Waals surface area contributed by atoms with Crippen LogP contribution in [0.5, 0.6) is 11.6 Å². The Hall–Kier alpha value is -2.91. The van der Waals surface area contributed by atoms with Crippen molar-refractivity contribution in [3.8, 4) is 11.6 Å². The molecule has 10 heteroatoms. The molecule has 0 unspecified atom stereocenters. The van der Waals surface area contributed by atoms with E-state index in [1.165, 1.54) is 18.3 Å². The van der Waals surface area contributed by atoms with Crippen molar-refractivity contribution in [2.75, 3.05) is 19.8 Å². The fraction of sp³-hybridized carbons (Fsp3) is 0.409. The lowest BCUT2D eigenvalue weighted by Gasteiger charge is -2.70. The smallest absolute Gasteiger partial charge is 0.258 e. The lowest BCUT2D eigenvalue weighted by molar-refractivity contribution is -0.141. The van der Waals surface area contributed by atoms with Gasteiger partial charge in [0.05, 0.1) is 23.8 Å². The molecule has 0 atom stereocenters. The van der Waals surface area contributed by atoms with Gasteiger partial charge in [0.2, 0.25) is 5.88 Å². The molecule has 1 saturated heterocycles. The summed E-state index contributed by atoms with van der Waals surface area (Å²) in [6.45, 7) is 0.877. The summed E-state index contributed by atoms with van der Waals surface area (Å²) in [5.74, 6) is -0.410. The molecule has 0 radical (unpaired) electrons. The van der Waals surface area contributed by atoms with E-state index < -0.39 is 5.82 Å². The molecule has 1 aromatic heterocycles. The highest BCUT2D eigenvalue weighted by Crippen LogP contribution is 2.60. The lowest BCUT2D eigenvalue weighted by atomic mass is 9.44. The van der Waals surface area contributed by atoms with Gasteiger partial charge in [0, 0.05) is 29.4 Å². The average molecular weight is 462 g/mol. The van der Waals surface area contributed by atoms with Gasteiger partial charge in [-0.25, -0.2) is 9.37 Å². The molecule has 2 heterocycles. The van der Waals surface area contributed by atoms with Gasteiger partial charge in [-0.2, -0.15) is 0 Å². The van der Waals surface area contributed by atoms with Crippen molar-refractivity contribution in [2.24, 2.45) is 0 Å². The number of carbonyl (C=O) groups is 2. The van der Waals surface area contributed by atoms with Gasteiger partial charge in [-0.15, -0.1) is 0 Å². The third kappa shape index (κ3) is 4.10. The molecular weight excluding hydrogens is 441 g/mol. The van der Waals surface area contributed by atoms with E-state index in [1.54, 1.807) is 12.1 Å². The Balaban J connectivity index is 1.06. The van der Waals surface area contributed by atoms with Crippen molar-refractivity contribution in [1.29, 1.82) is 0 Å². The van der Waals surface area contributed by atoms with Crippen LogP contribution in [0, 0.1) is 5.82 Å². The maximum Gasteiger partial charge on any atom is 0.258 e. The molecule has 1 aromatic carbocycles. The van der Waals surface area contributed by atoms with Crippen molar-refractivity contribution in [1.82, 2.24) is 15.6 Å². The highest BCUT2D eigenvalue weighted by atomic mass is 35.5. The summed E-state index contributed by atoms with van der Waals surface area (Å²) in [4.78, 5) is 28.9. The van der Waals surface area contributed by atoms with Gasteiger partial charge in [-0.05, 0) is 37.5 Å². The van der Waals surface area contributed by atoms with E-state index in [9.17, 15) is 14.0 Å². The molecule has 168 valence electrons. The van der Waals surface area contributed by atoms with Crippen LogP contribution in [-0.2, 0) is 9.53 Å². The zero-order valence-corrected chi connectivity index (χ0v) is 17.8. The molecule has 8 nitrogen and oxygen atoms in total. The Morgan fingerprint density at radius 1 is 1.16 bits per heavy atom. The van der Waals surface area contributed by atoms with Crippen LogP contribution in [-0.4, -0.2) is 53.8 Å². The number of nitrogens with one attached hydrogen (secondary N) is 2. The van der Waals surface area contributed by atoms with E-state index in [0.29, 0.717) is 43.9 Å². The maximum absolute atomic E-state index is 13.4. The molecule has 2 aromatic rings. The Morgan fingerprint density at radius 3 is 2.53 bits per heavy atom. The van der Waals surface area contributed by atoms with Gasteiger partial charge in [-0.3, -0.25) is 9.59 Å². The first-order valence-electron chi connectivity index (χ1n) is 10.3. The number of aromatic nitrogens is 1. The molecule has 0 spiro atoms. The molecule has 6 rings (SSSR count). The van der Waals surface area contributed by atoms with Crippen molar-refractivity contribution < 1.29 is 28.2 Å². The molecule has 2 N–H and O–H groups in total. The first-order valence-corrected chi connectivity index (χ1v) is 10.6. The van der Waals surface area contributed by atoms with Crippen LogP contribution >= 0.6 is 11.6 Å². The zero-order valence-electron chi connectivity index (χ0n) is 17.0. The Labute approximate surface area is 188 Å². The predicted octanol–water partition coefficient (Wildman–Crippen LogP) is 2.25. The van der Waals surface area contributed by atoms with Crippen molar-refractivity contribution in [3.05, 3.63) is 52.9 Å². The molecular formula is C22H21ClFN3O5. The normalized spacial score (nSPS) is 25.6. The number of hydrogen-bond donors (Lipinski definition) is 2. The minimum absolute atomic E-state index is 0.00756. The van der Waals surface area contributed by atoms with Crippen molar-refractivity contribution >= 4 is 23.4 Å². The lowest BCUT2D eigenvalue weighted by Crippen LogP contribution is -2.84. The number of benzene rings is 1. The van der Waals surface area contributed by atoms with Crippen molar-refractivity contribution in [2.45, 2.75) is 36.4 Å². The molecule has 4 fully saturated rings. The van der Waals surface area contributed by atoms with Crippen LogP contribution in [0.25, 0.3) is 0 Å². The van der Waals surface area contributed by atoms with Crippen LogP contribution in [0.15, 0.2) is 36.5 Å². The Kier molecular flexibility index (Phi) is 5.17. The topological polar surface area (TPSA) is 98.8 Å². The highest BCUT2D eigenvalue weighted by molar-refractivity contribution is 6.30. The van der Waals surface area contributed by atoms with Gasteiger partial charge in [0.25, 0.3) is 11.8 Å². The number of halogens is 2. The second-order valence-corrected chi connectivity index (χ2v) is 9.03. The minimum atomic E-state index is -0.605. The summed E-state index contributed by atoms with van der Waals surface area (Å²) >= 11 is 5.63. The quantitative estimate of drug-likeness (QED) is 0.625. The van der Waals surface area contributed by atoms with E-state index in [4.69, 9.17) is 25.8 Å². The first-order chi connectivity index (χ1) is 15.3. The second-order valence-electron chi connectivity index (χ2n) is 8.62. The van der Waals surface area contributed by atoms with E-state index in [1.807, 2.05) is 0 Å². The summed E-state index contributed by atoms with van der Waals surface area (Å²) in [5, 5.41) is 6.00. The third-order valence-electron chi connectivity index (χ3n) is 5.97. The number of ether oxygens (including phenoxy) is 3. The fourth-order valence-electron chi connectivity index (χ4n) is 4.45. The Morgan fingerprint density at radius 2 is 1.91 bits per heavy atom. The maximum atomic E-state index is 13.4. The highest BCUT2D eigenvalue weighted by Gasteiger charge is 2.69. The van der Waals surface area contributed by atoms with E-state index in [-0.39, 0.29) is 46.4 Å². The van der Waals surface area contributed by atoms with Crippen LogP contribution in [0.1, 0.15) is 29.6 Å². The van der Waals surface area contributed by atoms with Crippen LogP contribution in [0.2, 0.25) is 5.02 Å².